The van der Waals surface area contributed by atoms with Crippen molar-refractivity contribution in [2.24, 2.45) is 5.10 Å². The number of hydrogen-bond acceptors (Lipinski definition) is 3. The highest BCUT2D eigenvalue weighted by atomic mass is 127. The lowest BCUT2D eigenvalue weighted by atomic mass is 10.1. The van der Waals surface area contributed by atoms with E-state index in [1.165, 1.54) is 10.8 Å². The summed E-state index contributed by atoms with van der Waals surface area (Å²) in [6.45, 7) is 0.488. The molecule has 0 saturated heterocycles. The molecule has 32 heavy (non-hydrogen) atoms. The minimum atomic E-state index is -0.294. The highest BCUT2D eigenvalue weighted by Crippen LogP contribution is 2.29. The highest BCUT2D eigenvalue weighted by molar-refractivity contribution is 14.1. The quantitative estimate of drug-likeness (QED) is 0.136. The van der Waals surface area contributed by atoms with Crippen molar-refractivity contribution in [2.75, 3.05) is 0 Å². The maximum atomic E-state index is 12.1. The minimum Gasteiger partial charge on any atom is -0.487 e. The van der Waals surface area contributed by atoms with Crippen LogP contribution in [0.2, 0.25) is 5.02 Å². The molecule has 0 aliphatic carbocycles. The summed E-state index contributed by atoms with van der Waals surface area (Å²) in [5.74, 6) is 0.541. The van der Waals surface area contributed by atoms with E-state index in [-0.39, 0.29) is 5.91 Å². The van der Waals surface area contributed by atoms with Crippen LogP contribution in [0.25, 0.3) is 10.8 Å². The van der Waals surface area contributed by atoms with E-state index in [0.717, 1.165) is 24.0 Å². The van der Waals surface area contributed by atoms with E-state index >= 15 is 0 Å². The fraction of sp³-hybridized carbons (Fsp3) is 0.0400. The highest BCUT2D eigenvalue weighted by Gasteiger charge is 2.10. The lowest BCUT2D eigenvalue weighted by molar-refractivity contribution is 0.0955. The number of ether oxygens (including phenoxy) is 1. The molecule has 0 atom stereocenters. The van der Waals surface area contributed by atoms with Gasteiger partial charge in [0.25, 0.3) is 5.91 Å². The van der Waals surface area contributed by atoms with Crippen molar-refractivity contribution < 1.29 is 9.53 Å². The van der Waals surface area contributed by atoms with Gasteiger partial charge in [-0.25, -0.2) is 5.43 Å². The average molecular weight is 667 g/mol. The number of benzene rings is 4. The zero-order valence-electron chi connectivity index (χ0n) is 16.7. The number of carbonyl (C=O) groups excluding carboxylic acids is 1. The predicted octanol–water partition coefficient (Wildman–Crippen LogP) is 7.05. The van der Waals surface area contributed by atoms with Gasteiger partial charge in [-0.3, -0.25) is 4.79 Å². The third-order valence-corrected chi connectivity index (χ3v) is 6.56. The van der Waals surface area contributed by atoms with Gasteiger partial charge in [0, 0.05) is 10.6 Å². The number of fused-ring (bicyclic) bond motifs is 1. The number of nitrogens with one attached hydrogen (secondary N) is 1. The normalized spacial score (nSPS) is 11.1. The van der Waals surface area contributed by atoms with E-state index in [4.69, 9.17) is 16.3 Å². The SMILES string of the molecule is O=C(N/N=C\c1cc(I)c(OCc2ccc3ccccc3c2)c(I)c1)c1ccc(Cl)cc1. The third kappa shape index (κ3) is 5.79. The summed E-state index contributed by atoms with van der Waals surface area (Å²) in [5.41, 5.74) is 5.01. The largest absolute Gasteiger partial charge is 0.487 e. The van der Waals surface area contributed by atoms with Gasteiger partial charge >= 0.3 is 0 Å². The second-order valence-corrected chi connectivity index (χ2v) is 9.75. The first kappa shape index (κ1) is 23.0. The minimum absolute atomic E-state index is 0.294. The molecular formula is C25H17ClI2N2O2. The van der Waals surface area contributed by atoms with Gasteiger partial charge in [-0.05, 0) is 110 Å². The van der Waals surface area contributed by atoms with Crippen molar-refractivity contribution in [1.82, 2.24) is 5.43 Å². The Labute approximate surface area is 218 Å². The number of hydrazone groups is 1. The second kappa shape index (κ2) is 10.6. The van der Waals surface area contributed by atoms with Crippen LogP contribution in [0.4, 0.5) is 0 Å². The molecule has 0 fully saturated rings. The van der Waals surface area contributed by atoms with Crippen LogP contribution in [0.3, 0.4) is 0 Å². The van der Waals surface area contributed by atoms with E-state index < -0.39 is 0 Å². The van der Waals surface area contributed by atoms with Crippen LogP contribution < -0.4 is 10.2 Å². The van der Waals surface area contributed by atoms with Crippen molar-refractivity contribution in [1.29, 1.82) is 0 Å². The maximum absolute atomic E-state index is 12.1. The molecule has 4 rings (SSSR count). The summed E-state index contributed by atoms with van der Waals surface area (Å²) in [7, 11) is 0. The molecule has 0 radical (unpaired) electrons. The summed E-state index contributed by atoms with van der Waals surface area (Å²) in [6.07, 6.45) is 1.62. The van der Waals surface area contributed by atoms with Gasteiger partial charge in [-0.1, -0.05) is 48.0 Å². The molecule has 0 unspecified atom stereocenters. The van der Waals surface area contributed by atoms with Crippen LogP contribution in [0, 0.1) is 7.14 Å². The average Bonchev–Trinajstić information content (AvgIpc) is 2.79. The van der Waals surface area contributed by atoms with Crippen molar-refractivity contribution >= 4 is 79.7 Å². The van der Waals surface area contributed by atoms with Gasteiger partial charge in [-0.15, -0.1) is 0 Å². The molecule has 1 N–H and O–H groups in total. The number of hydrogen-bond donors (Lipinski definition) is 1. The molecule has 0 heterocycles. The Bertz CT molecular complexity index is 1280. The lowest BCUT2D eigenvalue weighted by Crippen LogP contribution is -2.17. The summed E-state index contributed by atoms with van der Waals surface area (Å²) in [4.78, 5) is 12.1. The van der Waals surface area contributed by atoms with Crippen LogP contribution in [0.15, 0.2) is 84.0 Å². The van der Waals surface area contributed by atoms with E-state index in [0.29, 0.717) is 17.2 Å². The summed E-state index contributed by atoms with van der Waals surface area (Å²) in [5, 5.41) is 7.06. The van der Waals surface area contributed by atoms with Crippen molar-refractivity contribution in [3.8, 4) is 5.75 Å². The smallest absolute Gasteiger partial charge is 0.271 e. The molecule has 1 amide bonds. The molecule has 0 aromatic heterocycles. The van der Waals surface area contributed by atoms with E-state index in [1.807, 2.05) is 24.3 Å². The van der Waals surface area contributed by atoms with Gasteiger partial charge in [0.2, 0.25) is 0 Å². The Morgan fingerprint density at radius 2 is 1.62 bits per heavy atom. The molecule has 0 saturated carbocycles. The molecule has 0 aliphatic heterocycles. The molecule has 4 aromatic carbocycles. The monoisotopic (exact) mass is 666 g/mol. The molecular weight excluding hydrogens is 650 g/mol. The molecule has 0 aliphatic rings. The van der Waals surface area contributed by atoms with Crippen molar-refractivity contribution in [2.45, 2.75) is 6.61 Å². The van der Waals surface area contributed by atoms with Crippen LogP contribution in [-0.4, -0.2) is 12.1 Å². The fourth-order valence-electron chi connectivity index (χ4n) is 3.11. The van der Waals surface area contributed by atoms with Gasteiger partial charge in [0.05, 0.1) is 13.4 Å². The molecule has 160 valence electrons. The van der Waals surface area contributed by atoms with E-state index in [9.17, 15) is 4.79 Å². The topological polar surface area (TPSA) is 50.7 Å². The lowest BCUT2D eigenvalue weighted by Gasteiger charge is -2.12. The second-order valence-electron chi connectivity index (χ2n) is 6.99. The van der Waals surface area contributed by atoms with Crippen LogP contribution in [0.5, 0.6) is 5.75 Å². The Morgan fingerprint density at radius 1 is 0.938 bits per heavy atom. The Hall–Kier alpha value is -2.17. The summed E-state index contributed by atoms with van der Waals surface area (Å²) < 4.78 is 8.07. The van der Waals surface area contributed by atoms with Crippen LogP contribution in [-0.2, 0) is 6.61 Å². The molecule has 4 nitrogen and oxygen atoms in total. The van der Waals surface area contributed by atoms with Crippen molar-refractivity contribution in [3.63, 3.8) is 0 Å². The molecule has 0 bridgehead atoms. The summed E-state index contributed by atoms with van der Waals surface area (Å²) in [6, 6.07) is 25.2. The maximum Gasteiger partial charge on any atom is 0.271 e. The zero-order chi connectivity index (χ0) is 22.5. The van der Waals surface area contributed by atoms with Gasteiger partial charge in [-0.2, -0.15) is 5.10 Å². The standard InChI is InChI=1S/C25H17ClI2N2O2/c26-21-9-7-19(8-10-21)25(31)30-29-14-17-12-22(27)24(23(28)13-17)32-15-16-5-6-18-3-1-2-4-20(18)11-16/h1-14H,15H2,(H,30,31)/b29-14-. The first-order valence-corrected chi connectivity index (χ1v) is 12.2. The first-order valence-electron chi connectivity index (χ1n) is 9.68. The fourth-order valence-corrected chi connectivity index (χ4v) is 5.36. The number of carbonyl (C=O) groups is 1. The Morgan fingerprint density at radius 3 is 2.34 bits per heavy atom. The molecule has 7 heteroatoms. The summed E-state index contributed by atoms with van der Waals surface area (Å²) >= 11 is 10.4. The van der Waals surface area contributed by atoms with Crippen LogP contribution in [0.1, 0.15) is 21.5 Å². The van der Waals surface area contributed by atoms with E-state index in [2.05, 4.69) is 86.0 Å². The van der Waals surface area contributed by atoms with Gasteiger partial charge in [0.15, 0.2) is 0 Å². The Balaban J connectivity index is 1.41. The van der Waals surface area contributed by atoms with Crippen molar-refractivity contribution in [3.05, 3.63) is 108 Å². The number of halogens is 3. The molecule has 4 aromatic rings. The van der Waals surface area contributed by atoms with Crippen LogP contribution >= 0.6 is 56.8 Å². The third-order valence-electron chi connectivity index (χ3n) is 4.70. The number of nitrogens with zero attached hydrogens (tertiary/aromatic N) is 1. The zero-order valence-corrected chi connectivity index (χ0v) is 21.8. The molecule has 0 spiro atoms. The predicted molar refractivity (Wildman–Crippen MR) is 147 cm³/mol. The van der Waals surface area contributed by atoms with E-state index in [1.54, 1.807) is 30.5 Å². The number of rotatable bonds is 6. The van der Waals surface area contributed by atoms with Gasteiger partial charge < -0.3 is 4.74 Å². The number of amides is 1. The Kier molecular flexibility index (Phi) is 7.64. The van der Waals surface area contributed by atoms with Gasteiger partial charge in [0.1, 0.15) is 12.4 Å². The first-order chi connectivity index (χ1) is 15.5.